The van der Waals surface area contributed by atoms with E-state index in [4.69, 9.17) is 4.74 Å². The summed E-state index contributed by atoms with van der Waals surface area (Å²) in [6.45, 7) is 1.49. The normalized spacial score (nSPS) is 10.9. The second kappa shape index (κ2) is 6.92. The van der Waals surface area contributed by atoms with E-state index in [1.165, 1.54) is 13.0 Å². The molecule has 0 aliphatic rings. The molecule has 3 aromatic carbocycles. The van der Waals surface area contributed by atoms with Crippen molar-refractivity contribution in [2.75, 3.05) is 0 Å². The summed E-state index contributed by atoms with van der Waals surface area (Å²) in [5, 5.41) is 2.20. The maximum absolute atomic E-state index is 12.0. The average Bonchev–Trinajstić information content (AvgIpc) is 2.60. The second-order valence-corrected chi connectivity index (χ2v) is 5.40. The van der Waals surface area contributed by atoms with Crippen molar-refractivity contribution in [3.05, 3.63) is 83.9 Å². The number of ether oxygens (including phenoxy) is 1. The Hall–Kier alpha value is -3.20. The van der Waals surface area contributed by atoms with E-state index in [2.05, 4.69) is 0 Å². The van der Waals surface area contributed by atoms with Crippen LogP contribution in [0.15, 0.2) is 72.8 Å². The van der Waals surface area contributed by atoms with Gasteiger partial charge in [0, 0.05) is 11.6 Å². The lowest BCUT2D eigenvalue weighted by Gasteiger charge is -2.03. The molecule has 24 heavy (non-hydrogen) atoms. The van der Waals surface area contributed by atoms with Crippen LogP contribution in [0.5, 0.6) is 5.75 Å². The summed E-state index contributed by atoms with van der Waals surface area (Å²) in [6, 6.07) is 20.4. The molecule has 3 aromatic rings. The van der Waals surface area contributed by atoms with Crippen LogP contribution in [-0.2, 0) is 4.79 Å². The number of benzene rings is 3. The van der Waals surface area contributed by atoms with Gasteiger partial charge in [0.2, 0.25) is 0 Å². The van der Waals surface area contributed by atoms with E-state index in [0.29, 0.717) is 11.3 Å². The molecule has 0 aromatic heterocycles. The SMILES string of the molecule is CC(=O)c1ccc(OC(=O)/C=C/c2cccc3ccccc23)cc1. The number of esters is 1. The van der Waals surface area contributed by atoms with Crippen LogP contribution in [0.2, 0.25) is 0 Å². The first-order chi connectivity index (χ1) is 11.6. The summed E-state index contributed by atoms with van der Waals surface area (Å²) >= 11 is 0. The predicted molar refractivity (Wildman–Crippen MR) is 95.1 cm³/mol. The summed E-state index contributed by atoms with van der Waals surface area (Å²) in [4.78, 5) is 23.2. The van der Waals surface area contributed by atoms with Crippen LogP contribution in [0.4, 0.5) is 0 Å². The maximum Gasteiger partial charge on any atom is 0.336 e. The molecule has 118 valence electrons. The van der Waals surface area contributed by atoms with E-state index < -0.39 is 5.97 Å². The van der Waals surface area contributed by atoms with Crippen molar-refractivity contribution in [2.45, 2.75) is 6.92 Å². The fourth-order valence-corrected chi connectivity index (χ4v) is 2.46. The monoisotopic (exact) mass is 316 g/mol. The van der Waals surface area contributed by atoms with E-state index in [0.717, 1.165) is 16.3 Å². The van der Waals surface area contributed by atoms with Crippen LogP contribution in [0.1, 0.15) is 22.8 Å². The number of fused-ring (bicyclic) bond motifs is 1. The summed E-state index contributed by atoms with van der Waals surface area (Å²) in [6.07, 6.45) is 3.15. The van der Waals surface area contributed by atoms with Gasteiger partial charge in [-0.25, -0.2) is 4.79 Å². The van der Waals surface area contributed by atoms with E-state index in [9.17, 15) is 9.59 Å². The number of hydrogen-bond donors (Lipinski definition) is 0. The van der Waals surface area contributed by atoms with E-state index in [-0.39, 0.29) is 5.78 Å². The Balaban J connectivity index is 1.74. The number of carbonyl (C=O) groups excluding carboxylic acids is 2. The molecule has 0 atom stereocenters. The molecule has 0 aliphatic heterocycles. The van der Waals surface area contributed by atoms with Crippen LogP contribution in [0.25, 0.3) is 16.8 Å². The zero-order valence-electron chi connectivity index (χ0n) is 13.2. The van der Waals surface area contributed by atoms with Gasteiger partial charge in [-0.2, -0.15) is 0 Å². The van der Waals surface area contributed by atoms with Crippen molar-refractivity contribution >= 4 is 28.6 Å². The molecule has 3 nitrogen and oxygen atoms in total. The van der Waals surface area contributed by atoms with Gasteiger partial charge in [-0.05, 0) is 53.6 Å². The Morgan fingerprint density at radius 3 is 2.33 bits per heavy atom. The van der Waals surface area contributed by atoms with E-state index in [1.807, 2.05) is 42.5 Å². The molecule has 0 bridgehead atoms. The van der Waals surface area contributed by atoms with Gasteiger partial charge < -0.3 is 4.74 Å². The maximum atomic E-state index is 12.0. The number of ketones is 1. The molecule has 3 heteroatoms. The highest BCUT2D eigenvalue weighted by atomic mass is 16.5. The lowest BCUT2D eigenvalue weighted by molar-refractivity contribution is -0.128. The van der Waals surface area contributed by atoms with Crippen molar-refractivity contribution in [1.29, 1.82) is 0 Å². The smallest absolute Gasteiger partial charge is 0.336 e. The van der Waals surface area contributed by atoms with Gasteiger partial charge in [-0.3, -0.25) is 4.79 Å². The lowest BCUT2D eigenvalue weighted by Crippen LogP contribution is -2.04. The van der Waals surface area contributed by atoms with Crippen LogP contribution < -0.4 is 4.74 Å². The van der Waals surface area contributed by atoms with Crippen molar-refractivity contribution in [3.63, 3.8) is 0 Å². The van der Waals surface area contributed by atoms with Gasteiger partial charge in [-0.15, -0.1) is 0 Å². The molecule has 0 radical (unpaired) electrons. The van der Waals surface area contributed by atoms with E-state index >= 15 is 0 Å². The number of Topliss-reactive ketones (excluding diaryl/α,β-unsaturated/α-hetero) is 1. The quantitative estimate of drug-likeness (QED) is 0.304. The van der Waals surface area contributed by atoms with Crippen molar-refractivity contribution in [1.82, 2.24) is 0 Å². The van der Waals surface area contributed by atoms with Crippen LogP contribution in [-0.4, -0.2) is 11.8 Å². The van der Waals surface area contributed by atoms with E-state index in [1.54, 1.807) is 30.3 Å². The first-order valence-corrected chi connectivity index (χ1v) is 7.62. The summed E-state index contributed by atoms with van der Waals surface area (Å²) in [7, 11) is 0. The van der Waals surface area contributed by atoms with Crippen LogP contribution in [0.3, 0.4) is 0 Å². The Morgan fingerprint density at radius 2 is 1.58 bits per heavy atom. The number of carbonyl (C=O) groups is 2. The van der Waals surface area contributed by atoms with Crippen molar-refractivity contribution in [2.24, 2.45) is 0 Å². The van der Waals surface area contributed by atoms with Gasteiger partial charge in [0.25, 0.3) is 0 Å². The van der Waals surface area contributed by atoms with Crippen molar-refractivity contribution in [3.8, 4) is 5.75 Å². The minimum absolute atomic E-state index is 0.0243. The molecule has 0 aliphatic carbocycles. The molecule has 0 saturated carbocycles. The first-order valence-electron chi connectivity index (χ1n) is 7.62. The molecular formula is C21H16O3. The Bertz CT molecular complexity index is 916. The van der Waals surface area contributed by atoms with Crippen LogP contribution >= 0.6 is 0 Å². The zero-order valence-corrected chi connectivity index (χ0v) is 13.2. The molecule has 0 amide bonds. The van der Waals surface area contributed by atoms with Gasteiger partial charge >= 0.3 is 5.97 Å². The molecule has 0 fully saturated rings. The second-order valence-electron chi connectivity index (χ2n) is 5.40. The third kappa shape index (κ3) is 3.58. The fraction of sp³-hybridized carbons (Fsp3) is 0.0476. The molecule has 0 unspecified atom stereocenters. The summed E-state index contributed by atoms with van der Waals surface area (Å²) in [5.74, 6) is -0.0743. The number of hydrogen-bond acceptors (Lipinski definition) is 3. The predicted octanol–water partition coefficient (Wildman–Crippen LogP) is 4.66. The molecule has 0 saturated heterocycles. The zero-order chi connectivity index (χ0) is 16.9. The lowest BCUT2D eigenvalue weighted by atomic mass is 10.0. The minimum atomic E-state index is -0.460. The van der Waals surface area contributed by atoms with Gasteiger partial charge in [0.05, 0.1) is 0 Å². The first kappa shape index (κ1) is 15.7. The highest BCUT2D eigenvalue weighted by Gasteiger charge is 2.03. The number of rotatable bonds is 4. The molecule has 3 rings (SSSR count). The highest BCUT2D eigenvalue weighted by molar-refractivity contribution is 5.96. The third-order valence-corrected chi connectivity index (χ3v) is 3.70. The Labute approximate surface area is 140 Å². The molecule has 0 heterocycles. The standard InChI is InChI=1S/C21H16O3/c1-15(22)16-9-12-19(13-10-16)24-21(23)14-11-18-7-4-6-17-5-2-3-8-20(17)18/h2-14H,1H3/b14-11+. The third-order valence-electron chi connectivity index (χ3n) is 3.70. The molecular weight excluding hydrogens is 300 g/mol. The van der Waals surface area contributed by atoms with Gasteiger partial charge in [0.1, 0.15) is 5.75 Å². The summed E-state index contributed by atoms with van der Waals surface area (Å²) < 4.78 is 5.25. The minimum Gasteiger partial charge on any atom is -0.423 e. The molecule has 0 spiro atoms. The molecule has 0 N–H and O–H groups in total. The Kier molecular flexibility index (Phi) is 4.52. The van der Waals surface area contributed by atoms with Crippen LogP contribution in [0, 0.1) is 0 Å². The largest absolute Gasteiger partial charge is 0.423 e. The van der Waals surface area contributed by atoms with Gasteiger partial charge in [-0.1, -0.05) is 42.5 Å². The topological polar surface area (TPSA) is 43.4 Å². The summed E-state index contributed by atoms with van der Waals surface area (Å²) in [5.41, 5.74) is 1.54. The van der Waals surface area contributed by atoms with Gasteiger partial charge in [0.15, 0.2) is 5.78 Å². The Morgan fingerprint density at radius 1 is 0.875 bits per heavy atom. The van der Waals surface area contributed by atoms with Crippen molar-refractivity contribution < 1.29 is 14.3 Å². The highest BCUT2D eigenvalue weighted by Crippen LogP contribution is 2.20. The average molecular weight is 316 g/mol. The fourth-order valence-electron chi connectivity index (χ4n) is 2.46.